The Bertz CT molecular complexity index is 1090. The standard InChI is InChI=1S/C21H16F3N3O3/c1-2-30-20(29)14-6-4-3-5-13(14)12-7-8-15-17(9-12)27(11-21(22,23)24)19(28)16-10-25-26-18(15)16/h3-10,18H,2,11H2,1H3. The van der Waals surface area contributed by atoms with Crippen molar-refractivity contribution in [2.45, 2.75) is 19.1 Å². The van der Waals surface area contributed by atoms with Crippen LogP contribution in [0.5, 0.6) is 0 Å². The van der Waals surface area contributed by atoms with Crippen LogP contribution >= 0.6 is 0 Å². The second kappa shape index (κ2) is 7.40. The van der Waals surface area contributed by atoms with Crippen LogP contribution in [0.4, 0.5) is 18.9 Å². The van der Waals surface area contributed by atoms with E-state index >= 15 is 0 Å². The van der Waals surface area contributed by atoms with Crippen molar-refractivity contribution in [3.63, 3.8) is 0 Å². The van der Waals surface area contributed by atoms with E-state index in [9.17, 15) is 22.8 Å². The molecule has 0 fully saturated rings. The lowest BCUT2D eigenvalue weighted by Crippen LogP contribution is -2.43. The van der Waals surface area contributed by atoms with E-state index in [0.717, 1.165) is 0 Å². The number of benzene rings is 2. The number of anilines is 1. The van der Waals surface area contributed by atoms with E-state index in [1.165, 1.54) is 12.3 Å². The molecule has 1 atom stereocenters. The lowest BCUT2D eigenvalue weighted by Gasteiger charge is -2.33. The van der Waals surface area contributed by atoms with Crippen molar-refractivity contribution in [1.82, 2.24) is 0 Å². The highest BCUT2D eigenvalue weighted by atomic mass is 19.4. The van der Waals surface area contributed by atoms with Gasteiger partial charge in [-0.1, -0.05) is 30.3 Å². The van der Waals surface area contributed by atoms with Crippen molar-refractivity contribution in [3.05, 3.63) is 65.4 Å². The monoisotopic (exact) mass is 415 g/mol. The van der Waals surface area contributed by atoms with E-state index in [1.807, 2.05) is 0 Å². The van der Waals surface area contributed by atoms with E-state index in [0.29, 0.717) is 21.6 Å². The number of carbonyl (C=O) groups is 2. The number of fused-ring (bicyclic) bond motifs is 3. The number of carbonyl (C=O) groups excluding carboxylic acids is 2. The van der Waals surface area contributed by atoms with Gasteiger partial charge >= 0.3 is 12.1 Å². The molecule has 2 aliphatic heterocycles. The summed E-state index contributed by atoms with van der Waals surface area (Å²) in [5.41, 5.74) is 1.91. The highest BCUT2D eigenvalue weighted by molar-refractivity contribution is 6.10. The lowest BCUT2D eigenvalue weighted by atomic mass is 9.89. The summed E-state index contributed by atoms with van der Waals surface area (Å²) < 4.78 is 44.7. The molecule has 6 nitrogen and oxygen atoms in total. The molecule has 0 aliphatic carbocycles. The number of azo groups is 1. The Hall–Kier alpha value is -3.49. The minimum atomic E-state index is -4.59. The SMILES string of the molecule is CCOC(=O)c1ccccc1-c1ccc2c(c1)N(CC(F)(F)F)C(=O)C1=CN=NC12. The number of hydrogen-bond donors (Lipinski definition) is 0. The zero-order valence-electron chi connectivity index (χ0n) is 15.8. The molecule has 2 heterocycles. The Labute approximate surface area is 169 Å². The number of ether oxygens (including phenoxy) is 1. The van der Waals surface area contributed by atoms with E-state index in [2.05, 4.69) is 10.2 Å². The van der Waals surface area contributed by atoms with Gasteiger partial charge in [0.2, 0.25) is 0 Å². The van der Waals surface area contributed by atoms with Gasteiger partial charge in [-0.3, -0.25) is 9.69 Å². The third-order valence-corrected chi connectivity index (χ3v) is 4.85. The Morgan fingerprint density at radius 2 is 1.97 bits per heavy atom. The van der Waals surface area contributed by atoms with Crippen LogP contribution in [0.15, 0.2) is 64.5 Å². The summed E-state index contributed by atoms with van der Waals surface area (Å²) in [4.78, 5) is 25.7. The van der Waals surface area contributed by atoms with Gasteiger partial charge in [-0.25, -0.2) is 4.79 Å². The van der Waals surface area contributed by atoms with Crippen molar-refractivity contribution >= 4 is 17.6 Å². The molecule has 1 amide bonds. The third-order valence-electron chi connectivity index (χ3n) is 4.85. The minimum absolute atomic E-state index is 0.0940. The molecular formula is C21H16F3N3O3. The summed E-state index contributed by atoms with van der Waals surface area (Å²) in [7, 11) is 0. The van der Waals surface area contributed by atoms with E-state index in [4.69, 9.17) is 4.74 Å². The number of esters is 1. The van der Waals surface area contributed by atoms with Gasteiger partial charge < -0.3 is 4.74 Å². The summed E-state index contributed by atoms with van der Waals surface area (Å²) in [6.07, 6.45) is -3.39. The van der Waals surface area contributed by atoms with Crippen LogP contribution in [0, 0.1) is 0 Å². The molecule has 0 saturated carbocycles. The highest BCUT2D eigenvalue weighted by Crippen LogP contribution is 2.45. The van der Waals surface area contributed by atoms with E-state index in [1.54, 1.807) is 43.3 Å². The highest BCUT2D eigenvalue weighted by Gasteiger charge is 2.43. The quantitative estimate of drug-likeness (QED) is 0.672. The average molecular weight is 415 g/mol. The van der Waals surface area contributed by atoms with E-state index < -0.39 is 30.6 Å². The Morgan fingerprint density at radius 3 is 2.70 bits per heavy atom. The van der Waals surface area contributed by atoms with Crippen LogP contribution in [-0.4, -0.2) is 31.2 Å². The number of nitrogens with zero attached hydrogens (tertiary/aromatic N) is 3. The van der Waals surface area contributed by atoms with Crippen LogP contribution < -0.4 is 4.90 Å². The number of amides is 1. The Balaban J connectivity index is 1.85. The largest absolute Gasteiger partial charge is 0.462 e. The average Bonchev–Trinajstić information content (AvgIpc) is 3.20. The molecule has 1 unspecified atom stereocenters. The predicted molar refractivity (Wildman–Crippen MR) is 102 cm³/mol. The smallest absolute Gasteiger partial charge is 0.406 e. The molecule has 0 aromatic heterocycles. The summed E-state index contributed by atoms with van der Waals surface area (Å²) in [6.45, 7) is 0.431. The molecule has 0 N–H and O–H groups in total. The molecule has 154 valence electrons. The maximum atomic E-state index is 13.2. The molecule has 2 aliphatic rings. The van der Waals surface area contributed by atoms with Gasteiger partial charge in [0.15, 0.2) is 0 Å². The summed E-state index contributed by atoms with van der Waals surface area (Å²) in [5, 5.41) is 7.70. The molecule has 9 heteroatoms. The van der Waals surface area contributed by atoms with Crippen LogP contribution in [-0.2, 0) is 9.53 Å². The normalized spacial score (nSPS) is 17.5. The minimum Gasteiger partial charge on any atom is -0.462 e. The molecule has 2 aromatic carbocycles. The summed E-state index contributed by atoms with van der Waals surface area (Å²) in [6, 6.07) is 10.7. The molecular weight excluding hydrogens is 399 g/mol. The Morgan fingerprint density at radius 1 is 1.20 bits per heavy atom. The Kier molecular flexibility index (Phi) is 4.89. The van der Waals surface area contributed by atoms with Crippen LogP contribution in [0.1, 0.15) is 28.9 Å². The van der Waals surface area contributed by atoms with Crippen molar-refractivity contribution in [2.24, 2.45) is 10.2 Å². The molecule has 0 spiro atoms. The number of rotatable bonds is 4. The second-order valence-corrected chi connectivity index (χ2v) is 6.76. The number of hydrogen-bond acceptors (Lipinski definition) is 5. The topological polar surface area (TPSA) is 71.3 Å². The van der Waals surface area contributed by atoms with Gasteiger partial charge in [-0.05, 0) is 30.2 Å². The van der Waals surface area contributed by atoms with Crippen molar-refractivity contribution < 1.29 is 27.5 Å². The van der Waals surface area contributed by atoms with Gasteiger partial charge in [0.1, 0.15) is 12.6 Å². The van der Waals surface area contributed by atoms with Gasteiger partial charge in [0, 0.05) is 5.56 Å². The van der Waals surface area contributed by atoms with Crippen molar-refractivity contribution in [1.29, 1.82) is 0 Å². The first-order valence-corrected chi connectivity index (χ1v) is 9.19. The fourth-order valence-electron chi connectivity index (χ4n) is 3.60. The first-order valence-electron chi connectivity index (χ1n) is 9.19. The molecule has 2 aromatic rings. The molecule has 30 heavy (non-hydrogen) atoms. The fraction of sp³-hybridized carbons (Fsp3) is 0.238. The zero-order valence-corrected chi connectivity index (χ0v) is 15.8. The first-order chi connectivity index (χ1) is 14.3. The van der Waals surface area contributed by atoms with Crippen LogP contribution in [0.3, 0.4) is 0 Å². The first kappa shape index (κ1) is 19.8. The van der Waals surface area contributed by atoms with Crippen molar-refractivity contribution in [3.8, 4) is 11.1 Å². The van der Waals surface area contributed by atoms with Crippen LogP contribution in [0.2, 0.25) is 0 Å². The summed E-state index contributed by atoms with van der Waals surface area (Å²) >= 11 is 0. The lowest BCUT2D eigenvalue weighted by molar-refractivity contribution is -0.130. The zero-order chi connectivity index (χ0) is 21.5. The molecule has 0 saturated heterocycles. The van der Waals surface area contributed by atoms with Crippen molar-refractivity contribution in [2.75, 3.05) is 18.1 Å². The third kappa shape index (κ3) is 3.47. The fourth-order valence-corrected chi connectivity index (χ4v) is 3.60. The maximum Gasteiger partial charge on any atom is 0.406 e. The summed E-state index contributed by atoms with van der Waals surface area (Å²) in [5.74, 6) is -1.32. The van der Waals surface area contributed by atoms with Gasteiger partial charge in [-0.2, -0.15) is 23.4 Å². The van der Waals surface area contributed by atoms with Gasteiger partial charge in [0.25, 0.3) is 5.91 Å². The maximum absolute atomic E-state index is 13.2. The number of halogens is 3. The van der Waals surface area contributed by atoms with Gasteiger partial charge in [0.05, 0.1) is 29.6 Å². The van der Waals surface area contributed by atoms with E-state index in [-0.39, 0.29) is 23.4 Å². The molecule has 0 radical (unpaired) electrons. The molecule has 4 rings (SSSR count). The van der Waals surface area contributed by atoms with Gasteiger partial charge in [-0.15, -0.1) is 0 Å². The van der Waals surface area contributed by atoms with Crippen LogP contribution in [0.25, 0.3) is 11.1 Å². The predicted octanol–water partition coefficient (Wildman–Crippen LogP) is 4.83. The molecule has 0 bridgehead atoms. The number of alkyl halides is 3. The second-order valence-electron chi connectivity index (χ2n) is 6.76.